The first-order valence-corrected chi connectivity index (χ1v) is 8.28. The summed E-state index contributed by atoms with van der Waals surface area (Å²) >= 11 is 3.66. The van der Waals surface area contributed by atoms with E-state index in [4.69, 9.17) is 0 Å². The van der Waals surface area contributed by atoms with Crippen LogP contribution in [-0.4, -0.2) is 30.6 Å². The summed E-state index contributed by atoms with van der Waals surface area (Å²) in [4.78, 5) is 2.59. The molecule has 1 aromatic carbocycles. The molecule has 1 aliphatic rings. The predicted molar refractivity (Wildman–Crippen MR) is 85.4 cm³/mol. The second kappa shape index (κ2) is 8.03. The van der Waals surface area contributed by atoms with Crippen molar-refractivity contribution in [1.29, 1.82) is 0 Å². The number of hydrogen-bond acceptors (Lipinski definition) is 2. The summed E-state index contributed by atoms with van der Waals surface area (Å²) in [5, 5.41) is 3.65. The Morgan fingerprint density at radius 2 is 2.16 bits per heavy atom. The molecule has 1 unspecified atom stereocenters. The van der Waals surface area contributed by atoms with Crippen molar-refractivity contribution in [3.8, 4) is 0 Å². The minimum atomic E-state index is 0.683. The van der Waals surface area contributed by atoms with Gasteiger partial charge in [0.1, 0.15) is 0 Å². The Labute approximate surface area is 125 Å². The molecule has 0 aliphatic carbocycles. The lowest BCUT2D eigenvalue weighted by Crippen LogP contribution is -2.43. The van der Waals surface area contributed by atoms with E-state index < -0.39 is 0 Å². The van der Waals surface area contributed by atoms with E-state index in [2.05, 4.69) is 57.3 Å². The van der Waals surface area contributed by atoms with Gasteiger partial charge in [-0.1, -0.05) is 47.5 Å². The Morgan fingerprint density at radius 3 is 2.84 bits per heavy atom. The van der Waals surface area contributed by atoms with Crippen LogP contribution in [0.5, 0.6) is 0 Å². The van der Waals surface area contributed by atoms with Crippen LogP contribution in [0.3, 0.4) is 0 Å². The highest BCUT2D eigenvalue weighted by molar-refractivity contribution is 9.10. The molecule has 3 heteroatoms. The maximum Gasteiger partial charge on any atom is 0.0245 e. The summed E-state index contributed by atoms with van der Waals surface area (Å²) in [7, 11) is 0. The molecular formula is C16H25BrN2. The summed E-state index contributed by atoms with van der Waals surface area (Å²) < 4.78 is 1.23. The fourth-order valence-corrected chi connectivity index (χ4v) is 3.22. The molecule has 0 saturated carbocycles. The number of nitrogens with zero attached hydrogens (tertiary/aromatic N) is 1. The Morgan fingerprint density at radius 1 is 1.32 bits per heavy atom. The van der Waals surface area contributed by atoms with Gasteiger partial charge in [-0.15, -0.1) is 0 Å². The molecule has 0 amide bonds. The normalized spacial score (nSPS) is 19.8. The van der Waals surface area contributed by atoms with Gasteiger partial charge >= 0.3 is 0 Å². The van der Waals surface area contributed by atoms with Crippen molar-refractivity contribution in [2.24, 2.45) is 0 Å². The minimum absolute atomic E-state index is 0.683. The monoisotopic (exact) mass is 324 g/mol. The third-order valence-electron chi connectivity index (χ3n) is 3.78. The second-order valence-corrected chi connectivity index (χ2v) is 6.33. The fourth-order valence-electron chi connectivity index (χ4n) is 2.81. The zero-order valence-corrected chi connectivity index (χ0v) is 13.5. The summed E-state index contributed by atoms with van der Waals surface area (Å²) in [6, 6.07) is 9.26. The van der Waals surface area contributed by atoms with E-state index in [-0.39, 0.29) is 0 Å². The van der Waals surface area contributed by atoms with Crippen molar-refractivity contribution < 1.29 is 0 Å². The number of halogens is 1. The van der Waals surface area contributed by atoms with Crippen molar-refractivity contribution in [2.45, 2.75) is 45.2 Å². The van der Waals surface area contributed by atoms with Crippen LogP contribution < -0.4 is 5.32 Å². The highest BCUT2D eigenvalue weighted by Crippen LogP contribution is 2.19. The molecule has 2 nitrogen and oxygen atoms in total. The number of hydrogen-bond donors (Lipinski definition) is 1. The van der Waals surface area contributed by atoms with E-state index in [9.17, 15) is 0 Å². The van der Waals surface area contributed by atoms with Crippen LogP contribution in [0.2, 0.25) is 0 Å². The fraction of sp³-hybridized carbons (Fsp3) is 0.625. The molecular weight excluding hydrogens is 300 g/mol. The Bertz CT molecular complexity index is 375. The maximum atomic E-state index is 3.66. The molecule has 0 radical (unpaired) electrons. The molecule has 19 heavy (non-hydrogen) atoms. The number of benzene rings is 1. The van der Waals surface area contributed by atoms with Gasteiger partial charge in [-0.2, -0.15) is 0 Å². The first kappa shape index (κ1) is 15.0. The molecule has 2 rings (SSSR count). The first-order chi connectivity index (χ1) is 9.29. The third kappa shape index (κ3) is 4.90. The lowest BCUT2D eigenvalue weighted by molar-refractivity contribution is 0.217. The van der Waals surface area contributed by atoms with Crippen molar-refractivity contribution in [3.63, 3.8) is 0 Å². The van der Waals surface area contributed by atoms with Crippen LogP contribution in [0.15, 0.2) is 28.7 Å². The molecule has 0 bridgehead atoms. The first-order valence-electron chi connectivity index (χ1n) is 7.48. The molecule has 1 heterocycles. The Hall–Kier alpha value is -0.380. The summed E-state index contributed by atoms with van der Waals surface area (Å²) in [5.74, 6) is 0. The number of rotatable bonds is 6. The highest BCUT2D eigenvalue weighted by Gasteiger charge is 2.16. The smallest absolute Gasteiger partial charge is 0.0245 e. The van der Waals surface area contributed by atoms with E-state index in [1.807, 2.05) is 0 Å². The van der Waals surface area contributed by atoms with Crippen LogP contribution in [0.4, 0.5) is 0 Å². The minimum Gasteiger partial charge on any atom is -0.313 e. The molecule has 1 atom stereocenters. The molecule has 106 valence electrons. The van der Waals surface area contributed by atoms with Gasteiger partial charge in [-0.25, -0.2) is 0 Å². The standard InChI is InChI=1S/C16H25BrN2/c1-2-11-19(13-15-8-5-6-10-18-15)12-14-7-3-4-9-16(14)17/h3-4,7,9,15,18H,2,5-6,8,10-13H2,1H3. The van der Waals surface area contributed by atoms with Crippen LogP contribution in [0, 0.1) is 0 Å². The van der Waals surface area contributed by atoms with Gasteiger partial charge in [0.2, 0.25) is 0 Å². The number of piperidine rings is 1. The van der Waals surface area contributed by atoms with Gasteiger partial charge in [-0.05, 0) is 44.0 Å². The lowest BCUT2D eigenvalue weighted by Gasteiger charge is -2.30. The van der Waals surface area contributed by atoms with E-state index in [1.165, 1.54) is 55.4 Å². The molecule has 1 fully saturated rings. The maximum absolute atomic E-state index is 3.66. The summed E-state index contributed by atoms with van der Waals surface area (Å²) in [6.45, 7) is 6.86. The Kier molecular flexibility index (Phi) is 6.35. The van der Waals surface area contributed by atoms with Crippen LogP contribution >= 0.6 is 15.9 Å². The van der Waals surface area contributed by atoms with Gasteiger partial charge in [-0.3, -0.25) is 4.90 Å². The molecule has 0 aromatic heterocycles. The zero-order valence-electron chi connectivity index (χ0n) is 11.9. The van der Waals surface area contributed by atoms with Crippen molar-refractivity contribution in [2.75, 3.05) is 19.6 Å². The average Bonchev–Trinajstić information content (AvgIpc) is 2.43. The van der Waals surface area contributed by atoms with Gasteiger partial charge < -0.3 is 5.32 Å². The predicted octanol–water partition coefficient (Wildman–Crippen LogP) is 3.80. The van der Waals surface area contributed by atoms with Crippen LogP contribution in [-0.2, 0) is 6.54 Å². The zero-order chi connectivity index (χ0) is 13.5. The Balaban J connectivity index is 1.93. The van der Waals surface area contributed by atoms with E-state index >= 15 is 0 Å². The van der Waals surface area contributed by atoms with Crippen LogP contribution in [0.1, 0.15) is 38.2 Å². The van der Waals surface area contributed by atoms with Gasteiger partial charge in [0.05, 0.1) is 0 Å². The summed E-state index contributed by atoms with van der Waals surface area (Å²) in [6.07, 6.45) is 5.27. The highest BCUT2D eigenvalue weighted by atomic mass is 79.9. The average molecular weight is 325 g/mol. The van der Waals surface area contributed by atoms with Gasteiger partial charge in [0.15, 0.2) is 0 Å². The van der Waals surface area contributed by atoms with Crippen molar-refractivity contribution >= 4 is 15.9 Å². The van der Waals surface area contributed by atoms with Gasteiger partial charge in [0.25, 0.3) is 0 Å². The van der Waals surface area contributed by atoms with Crippen LogP contribution in [0.25, 0.3) is 0 Å². The van der Waals surface area contributed by atoms with Crippen molar-refractivity contribution in [1.82, 2.24) is 10.2 Å². The quantitative estimate of drug-likeness (QED) is 0.856. The third-order valence-corrected chi connectivity index (χ3v) is 4.56. The van der Waals surface area contributed by atoms with Gasteiger partial charge in [0, 0.05) is 23.6 Å². The van der Waals surface area contributed by atoms with E-state index in [1.54, 1.807) is 0 Å². The molecule has 0 spiro atoms. The number of nitrogens with one attached hydrogen (secondary N) is 1. The van der Waals surface area contributed by atoms with E-state index in [0.717, 1.165) is 6.54 Å². The lowest BCUT2D eigenvalue weighted by atomic mass is 10.0. The molecule has 1 saturated heterocycles. The topological polar surface area (TPSA) is 15.3 Å². The van der Waals surface area contributed by atoms with E-state index in [0.29, 0.717) is 6.04 Å². The SMILES string of the molecule is CCCN(Cc1ccccc1Br)CC1CCCCN1. The molecule has 1 N–H and O–H groups in total. The molecule has 1 aromatic rings. The second-order valence-electron chi connectivity index (χ2n) is 5.47. The molecule has 1 aliphatic heterocycles. The summed E-state index contributed by atoms with van der Waals surface area (Å²) in [5.41, 5.74) is 1.40. The van der Waals surface area contributed by atoms with Crippen molar-refractivity contribution in [3.05, 3.63) is 34.3 Å². The largest absolute Gasteiger partial charge is 0.313 e.